The van der Waals surface area contributed by atoms with Gasteiger partial charge in [-0.25, -0.2) is 4.98 Å². The largest absolute Gasteiger partial charge is 0.481 e. The van der Waals surface area contributed by atoms with Crippen LogP contribution < -0.4 is 20.7 Å². The molecule has 0 saturated carbocycles. The van der Waals surface area contributed by atoms with E-state index in [1.807, 2.05) is 6.07 Å². The van der Waals surface area contributed by atoms with Crippen LogP contribution in [0.15, 0.2) is 18.3 Å². The van der Waals surface area contributed by atoms with Crippen molar-refractivity contribution in [3.05, 3.63) is 24.0 Å². The van der Waals surface area contributed by atoms with Gasteiger partial charge in [-0.1, -0.05) is 0 Å². The van der Waals surface area contributed by atoms with Gasteiger partial charge in [-0.2, -0.15) is 5.26 Å². The minimum atomic E-state index is -1.26. The summed E-state index contributed by atoms with van der Waals surface area (Å²) in [5, 5.41) is 16.2. The lowest BCUT2D eigenvalue weighted by Crippen LogP contribution is -2.56. The van der Waals surface area contributed by atoms with E-state index in [1.54, 1.807) is 18.3 Å². The van der Waals surface area contributed by atoms with E-state index in [9.17, 15) is 19.6 Å². The van der Waals surface area contributed by atoms with Crippen LogP contribution in [0.25, 0.3) is 10.9 Å². The standard InChI is InChI=1S/C19H20B2N6O4/c1-31-18-12-7-14(26-13(12)3-5-23-18)17(30)24-9-15(28)25-11(8-22)6-10-2-4-19(20,21)27-16(10)29/h3,5,7,10-11,26H,2,4,6,9H2,1H3,(H,24,30)(H,25,28)(H,27,29)/t10-,11-/m0/s1. The van der Waals surface area contributed by atoms with Crippen LogP contribution in [0.5, 0.6) is 5.88 Å². The monoisotopic (exact) mass is 418 g/mol. The molecule has 1 fully saturated rings. The summed E-state index contributed by atoms with van der Waals surface area (Å²) in [4.78, 5) is 43.6. The first-order valence-corrected chi connectivity index (χ1v) is 9.61. The van der Waals surface area contributed by atoms with Crippen LogP contribution in [-0.4, -0.2) is 68.4 Å². The van der Waals surface area contributed by atoms with Crippen molar-refractivity contribution < 1.29 is 19.1 Å². The number of aromatic nitrogens is 2. The summed E-state index contributed by atoms with van der Waals surface area (Å²) in [6.07, 6.45) is 2.42. The topological polar surface area (TPSA) is 149 Å². The fourth-order valence-corrected chi connectivity index (χ4v) is 3.41. The van der Waals surface area contributed by atoms with Gasteiger partial charge in [-0.05, 0) is 36.7 Å². The number of rotatable bonds is 7. The van der Waals surface area contributed by atoms with E-state index >= 15 is 0 Å². The van der Waals surface area contributed by atoms with Crippen molar-refractivity contribution in [2.45, 2.75) is 30.6 Å². The number of nitrogens with one attached hydrogen (secondary N) is 4. The number of hydrogen-bond acceptors (Lipinski definition) is 6. The van der Waals surface area contributed by atoms with Gasteiger partial charge in [0.05, 0.1) is 46.3 Å². The Balaban J connectivity index is 1.52. The van der Waals surface area contributed by atoms with Crippen LogP contribution in [0, 0.1) is 17.2 Å². The molecule has 31 heavy (non-hydrogen) atoms. The molecular weight excluding hydrogens is 398 g/mol. The van der Waals surface area contributed by atoms with Crippen LogP contribution in [-0.2, 0) is 9.59 Å². The zero-order valence-corrected chi connectivity index (χ0v) is 16.9. The third-order valence-corrected chi connectivity index (χ3v) is 5.00. The molecule has 2 aromatic heterocycles. The Morgan fingerprint density at radius 2 is 2.26 bits per heavy atom. The number of H-pyrrole nitrogens is 1. The van der Waals surface area contributed by atoms with Crippen molar-refractivity contribution in [3.63, 3.8) is 0 Å². The second kappa shape index (κ2) is 9.12. The second-order valence-corrected chi connectivity index (χ2v) is 7.40. The summed E-state index contributed by atoms with van der Waals surface area (Å²) in [6.45, 7) is -0.340. The maximum Gasteiger partial charge on any atom is 0.268 e. The number of nitrogens with zero attached hydrogens (tertiary/aromatic N) is 2. The highest BCUT2D eigenvalue weighted by Crippen LogP contribution is 2.24. The number of amides is 3. The molecule has 3 heterocycles. The number of carbonyl (C=O) groups is 3. The molecule has 0 unspecified atom stereocenters. The molecule has 4 N–H and O–H groups in total. The molecule has 1 aliphatic rings. The highest BCUT2D eigenvalue weighted by Gasteiger charge is 2.33. The van der Waals surface area contributed by atoms with Gasteiger partial charge >= 0.3 is 0 Å². The van der Waals surface area contributed by atoms with Crippen LogP contribution in [0.3, 0.4) is 0 Å². The molecule has 2 aromatic rings. The number of hydrogen-bond donors (Lipinski definition) is 4. The third kappa shape index (κ3) is 5.36. The first-order valence-electron chi connectivity index (χ1n) is 9.61. The van der Waals surface area contributed by atoms with E-state index in [0.29, 0.717) is 29.6 Å². The Hall–Kier alpha value is -3.48. The molecule has 2 atom stereocenters. The first kappa shape index (κ1) is 22.2. The Kier molecular flexibility index (Phi) is 6.53. The summed E-state index contributed by atoms with van der Waals surface area (Å²) in [5.41, 5.74) is 0.896. The van der Waals surface area contributed by atoms with Crippen LogP contribution in [0.1, 0.15) is 29.8 Å². The van der Waals surface area contributed by atoms with Gasteiger partial charge in [0, 0.05) is 12.1 Å². The van der Waals surface area contributed by atoms with E-state index in [1.165, 1.54) is 7.11 Å². The fraction of sp³-hybridized carbons (Fsp3) is 0.421. The van der Waals surface area contributed by atoms with E-state index in [4.69, 9.17) is 20.4 Å². The zero-order chi connectivity index (χ0) is 22.6. The third-order valence-electron chi connectivity index (χ3n) is 5.00. The quantitative estimate of drug-likeness (QED) is 0.434. The number of pyridine rings is 1. The smallest absolute Gasteiger partial charge is 0.268 e. The number of fused-ring (bicyclic) bond motifs is 1. The van der Waals surface area contributed by atoms with Gasteiger partial charge in [0.2, 0.25) is 17.7 Å². The number of piperidine rings is 1. The van der Waals surface area contributed by atoms with Crippen LogP contribution in [0.2, 0.25) is 0 Å². The number of aromatic amines is 1. The highest BCUT2D eigenvalue weighted by molar-refractivity contribution is 6.41. The predicted octanol–water partition coefficient (Wildman–Crippen LogP) is -0.783. The van der Waals surface area contributed by atoms with Gasteiger partial charge < -0.3 is 25.7 Å². The minimum Gasteiger partial charge on any atom is -0.481 e. The van der Waals surface area contributed by atoms with Crippen molar-refractivity contribution in [2.24, 2.45) is 5.92 Å². The molecule has 3 amide bonds. The molecule has 3 rings (SSSR count). The lowest BCUT2D eigenvalue weighted by atomic mass is 9.57. The minimum absolute atomic E-state index is 0.118. The summed E-state index contributed by atoms with van der Waals surface area (Å²) in [5.74, 6) is -1.54. The van der Waals surface area contributed by atoms with Gasteiger partial charge in [0.25, 0.3) is 5.91 Å². The normalized spacial score (nSPS) is 18.5. The molecule has 12 heteroatoms. The Morgan fingerprint density at radius 1 is 1.48 bits per heavy atom. The summed E-state index contributed by atoms with van der Waals surface area (Å²) in [6, 6.07) is 4.33. The molecule has 10 nitrogen and oxygen atoms in total. The van der Waals surface area contributed by atoms with Crippen molar-refractivity contribution in [2.75, 3.05) is 13.7 Å². The Bertz CT molecular complexity index is 1050. The Labute approximate surface area is 181 Å². The molecule has 1 aliphatic heterocycles. The highest BCUT2D eigenvalue weighted by atomic mass is 16.5. The van der Waals surface area contributed by atoms with Crippen LogP contribution in [0.4, 0.5) is 0 Å². The number of nitriles is 1. The molecule has 0 spiro atoms. The van der Waals surface area contributed by atoms with Crippen molar-refractivity contribution >= 4 is 44.3 Å². The average Bonchev–Trinajstić information content (AvgIpc) is 3.17. The van der Waals surface area contributed by atoms with E-state index in [0.717, 1.165) is 0 Å². The van der Waals surface area contributed by atoms with Gasteiger partial charge in [0.1, 0.15) is 11.7 Å². The molecule has 156 valence electrons. The number of methoxy groups -OCH3 is 1. The molecule has 4 radical (unpaired) electrons. The average molecular weight is 418 g/mol. The number of ether oxygens (including phenoxy) is 1. The van der Waals surface area contributed by atoms with E-state index in [2.05, 4.69) is 25.9 Å². The molecule has 1 saturated heterocycles. The van der Waals surface area contributed by atoms with Gasteiger partial charge in [0.15, 0.2) is 0 Å². The van der Waals surface area contributed by atoms with Crippen molar-refractivity contribution in [3.8, 4) is 11.9 Å². The van der Waals surface area contributed by atoms with Gasteiger partial charge in [-0.3, -0.25) is 14.4 Å². The summed E-state index contributed by atoms with van der Waals surface area (Å²) in [7, 11) is 12.9. The molecular formula is C19H20B2N6O4. The molecule has 0 bridgehead atoms. The van der Waals surface area contributed by atoms with Crippen molar-refractivity contribution in [1.29, 1.82) is 5.26 Å². The summed E-state index contributed by atoms with van der Waals surface area (Å²) >= 11 is 0. The zero-order valence-electron chi connectivity index (χ0n) is 16.9. The fourth-order valence-electron chi connectivity index (χ4n) is 3.41. The predicted molar refractivity (Wildman–Crippen MR) is 112 cm³/mol. The maximum absolute atomic E-state index is 12.4. The first-order chi connectivity index (χ1) is 14.7. The molecule has 0 aliphatic carbocycles. The van der Waals surface area contributed by atoms with Crippen molar-refractivity contribution in [1.82, 2.24) is 25.9 Å². The maximum atomic E-state index is 12.4. The molecule has 0 aromatic carbocycles. The van der Waals surface area contributed by atoms with Gasteiger partial charge in [-0.15, -0.1) is 0 Å². The summed E-state index contributed by atoms with van der Waals surface area (Å²) < 4.78 is 5.16. The van der Waals surface area contributed by atoms with Crippen LogP contribution >= 0.6 is 0 Å². The lowest BCUT2D eigenvalue weighted by Gasteiger charge is -2.36. The Morgan fingerprint density at radius 3 is 2.94 bits per heavy atom. The number of carbonyl (C=O) groups excluding carboxylic acids is 3. The lowest BCUT2D eigenvalue weighted by molar-refractivity contribution is -0.128. The van der Waals surface area contributed by atoms with E-state index < -0.39 is 29.1 Å². The van der Waals surface area contributed by atoms with E-state index in [-0.39, 0.29) is 24.6 Å². The SMILES string of the molecule is [B]C1([B])CC[C@@H](C[C@@H](C#N)NC(=O)CNC(=O)c2cc3c(OC)nccc3[nH]2)C(=O)N1. The second-order valence-electron chi connectivity index (χ2n) is 7.40.